The summed E-state index contributed by atoms with van der Waals surface area (Å²) in [5.74, 6) is 0.437. The maximum absolute atomic E-state index is 12.9. The van der Waals surface area contributed by atoms with Crippen molar-refractivity contribution in [1.29, 1.82) is 0 Å². The minimum atomic E-state index is -0.209. The number of aromatic nitrogens is 1. The fourth-order valence-corrected chi connectivity index (χ4v) is 3.36. The van der Waals surface area contributed by atoms with Crippen LogP contribution >= 0.6 is 0 Å². The highest BCUT2D eigenvalue weighted by Crippen LogP contribution is 2.22. The average Bonchev–Trinajstić information content (AvgIpc) is 2.74. The van der Waals surface area contributed by atoms with Crippen LogP contribution in [0.15, 0.2) is 71.5 Å². The molecule has 0 spiro atoms. The number of hydrogen-bond acceptors (Lipinski definition) is 3. The zero-order valence-electron chi connectivity index (χ0n) is 15.5. The van der Waals surface area contributed by atoms with Crippen molar-refractivity contribution in [3.8, 4) is 5.75 Å². The Bertz CT molecular complexity index is 1210. The lowest BCUT2D eigenvalue weighted by Gasteiger charge is -2.10. The minimum Gasteiger partial charge on any atom is -0.497 e. The molecule has 0 aliphatic heterocycles. The van der Waals surface area contributed by atoms with E-state index < -0.39 is 0 Å². The van der Waals surface area contributed by atoms with Crippen LogP contribution in [0.1, 0.15) is 15.9 Å². The predicted octanol–water partition coefficient (Wildman–Crippen LogP) is 3.66. The Kier molecular flexibility index (Phi) is 4.81. The highest BCUT2D eigenvalue weighted by molar-refractivity contribution is 6.07. The van der Waals surface area contributed by atoms with Crippen molar-refractivity contribution in [3.63, 3.8) is 0 Å². The molecule has 2 N–H and O–H groups in total. The number of pyridine rings is 1. The van der Waals surface area contributed by atoms with Gasteiger partial charge in [-0.15, -0.1) is 0 Å². The van der Waals surface area contributed by atoms with E-state index in [9.17, 15) is 9.59 Å². The molecule has 0 fully saturated rings. The van der Waals surface area contributed by atoms with Gasteiger partial charge in [0.25, 0.3) is 5.91 Å². The molecule has 28 heavy (non-hydrogen) atoms. The van der Waals surface area contributed by atoms with Crippen molar-refractivity contribution < 1.29 is 9.53 Å². The largest absolute Gasteiger partial charge is 0.497 e. The van der Waals surface area contributed by atoms with Gasteiger partial charge in [0.1, 0.15) is 5.75 Å². The standard InChI is InChI=1S/C23H20N2O3/c1-28-16-10-11-17-20(14-16)25-21-18(22(17)26)8-5-9-19(21)23(27)24-13-12-15-6-3-2-4-7-15/h2-11,14H,12-13H2,1H3,(H,24,27)(H,25,26). The van der Waals surface area contributed by atoms with Gasteiger partial charge in [-0.25, -0.2) is 0 Å². The van der Waals surface area contributed by atoms with Crippen LogP contribution in [-0.2, 0) is 6.42 Å². The Labute approximate surface area is 162 Å². The topological polar surface area (TPSA) is 71.2 Å². The zero-order chi connectivity index (χ0) is 19.5. The van der Waals surface area contributed by atoms with E-state index in [0.717, 1.165) is 12.0 Å². The molecular formula is C23H20N2O3. The first-order valence-electron chi connectivity index (χ1n) is 9.12. The molecule has 4 rings (SSSR count). The summed E-state index contributed by atoms with van der Waals surface area (Å²) in [7, 11) is 1.58. The number of fused-ring (bicyclic) bond motifs is 2. The number of methoxy groups -OCH3 is 1. The number of carbonyl (C=O) groups is 1. The van der Waals surface area contributed by atoms with Gasteiger partial charge in [0.05, 0.1) is 23.7 Å². The number of carbonyl (C=O) groups excluding carboxylic acids is 1. The lowest BCUT2D eigenvalue weighted by atomic mass is 10.1. The van der Waals surface area contributed by atoms with E-state index in [4.69, 9.17) is 4.74 Å². The highest BCUT2D eigenvalue weighted by Gasteiger charge is 2.14. The van der Waals surface area contributed by atoms with Crippen LogP contribution < -0.4 is 15.5 Å². The van der Waals surface area contributed by atoms with E-state index in [0.29, 0.717) is 39.7 Å². The normalized spacial score (nSPS) is 10.9. The highest BCUT2D eigenvalue weighted by atomic mass is 16.5. The van der Waals surface area contributed by atoms with Crippen molar-refractivity contribution in [3.05, 3.63) is 88.1 Å². The summed E-state index contributed by atoms with van der Waals surface area (Å²) in [5, 5.41) is 4.00. The monoisotopic (exact) mass is 372 g/mol. The van der Waals surface area contributed by atoms with E-state index >= 15 is 0 Å². The van der Waals surface area contributed by atoms with Gasteiger partial charge in [0, 0.05) is 23.4 Å². The smallest absolute Gasteiger partial charge is 0.253 e. The molecule has 5 nitrogen and oxygen atoms in total. The lowest BCUT2D eigenvalue weighted by molar-refractivity contribution is 0.0955. The summed E-state index contributed by atoms with van der Waals surface area (Å²) in [6, 6.07) is 20.4. The number of amides is 1. The molecule has 5 heteroatoms. The Morgan fingerprint density at radius 2 is 1.82 bits per heavy atom. The number of ether oxygens (including phenoxy) is 1. The Morgan fingerprint density at radius 1 is 1.00 bits per heavy atom. The zero-order valence-corrected chi connectivity index (χ0v) is 15.5. The number of nitrogens with one attached hydrogen (secondary N) is 2. The first-order valence-corrected chi connectivity index (χ1v) is 9.12. The van der Waals surface area contributed by atoms with Crippen LogP contribution in [0.4, 0.5) is 0 Å². The molecule has 1 heterocycles. The van der Waals surface area contributed by atoms with E-state index in [1.807, 2.05) is 30.3 Å². The van der Waals surface area contributed by atoms with Crippen LogP contribution in [0.3, 0.4) is 0 Å². The van der Waals surface area contributed by atoms with E-state index in [2.05, 4.69) is 10.3 Å². The second kappa shape index (κ2) is 7.56. The number of hydrogen-bond donors (Lipinski definition) is 2. The van der Waals surface area contributed by atoms with Crippen molar-refractivity contribution in [2.75, 3.05) is 13.7 Å². The van der Waals surface area contributed by atoms with Crippen LogP contribution in [0.25, 0.3) is 21.8 Å². The third kappa shape index (κ3) is 3.34. The third-order valence-electron chi connectivity index (χ3n) is 4.83. The van der Waals surface area contributed by atoms with Crippen molar-refractivity contribution >= 4 is 27.7 Å². The van der Waals surface area contributed by atoms with E-state index in [-0.39, 0.29) is 11.3 Å². The van der Waals surface area contributed by atoms with Gasteiger partial charge in [-0.05, 0) is 36.2 Å². The summed E-state index contributed by atoms with van der Waals surface area (Å²) in [5.41, 5.74) is 2.68. The first kappa shape index (κ1) is 17.8. The number of benzene rings is 3. The molecule has 1 aromatic heterocycles. The van der Waals surface area contributed by atoms with Crippen LogP contribution in [-0.4, -0.2) is 24.5 Å². The maximum atomic E-state index is 12.9. The van der Waals surface area contributed by atoms with Gasteiger partial charge in [0.15, 0.2) is 5.43 Å². The summed E-state index contributed by atoms with van der Waals surface area (Å²) in [6.45, 7) is 0.519. The summed E-state index contributed by atoms with van der Waals surface area (Å²) >= 11 is 0. The van der Waals surface area contributed by atoms with Gasteiger partial charge in [-0.1, -0.05) is 36.4 Å². The number of aromatic amines is 1. The second-order valence-corrected chi connectivity index (χ2v) is 6.59. The number of para-hydroxylation sites is 1. The Hall–Kier alpha value is -3.60. The van der Waals surface area contributed by atoms with Crippen molar-refractivity contribution in [1.82, 2.24) is 10.3 Å². The fourth-order valence-electron chi connectivity index (χ4n) is 3.36. The van der Waals surface area contributed by atoms with Crippen LogP contribution in [0.2, 0.25) is 0 Å². The van der Waals surface area contributed by atoms with E-state index in [1.54, 1.807) is 43.5 Å². The molecule has 0 atom stereocenters. The fraction of sp³-hybridized carbons (Fsp3) is 0.130. The SMILES string of the molecule is COc1ccc2c(=O)c3cccc(C(=O)NCCc4ccccc4)c3[nH]c2c1. The van der Waals surface area contributed by atoms with Gasteiger partial charge in [0.2, 0.25) is 0 Å². The molecule has 0 unspecified atom stereocenters. The second-order valence-electron chi connectivity index (χ2n) is 6.59. The third-order valence-corrected chi connectivity index (χ3v) is 4.83. The van der Waals surface area contributed by atoms with Crippen LogP contribution in [0.5, 0.6) is 5.75 Å². The van der Waals surface area contributed by atoms with Crippen molar-refractivity contribution in [2.24, 2.45) is 0 Å². The van der Waals surface area contributed by atoms with Crippen molar-refractivity contribution in [2.45, 2.75) is 6.42 Å². The molecule has 1 amide bonds. The predicted molar refractivity (Wildman–Crippen MR) is 111 cm³/mol. The molecule has 0 aliphatic carbocycles. The maximum Gasteiger partial charge on any atom is 0.253 e. The summed E-state index contributed by atoms with van der Waals surface area (Å²) < 4.78 is 5.25. The molecule has 0 saturated heterocycles. The minimum absolute atomic E-state index is 0.106. The summed E-state index contributed by atoms with van der Waals surface area (Å²) in [4.78, 5) is 28.9. The Morgan fingerprint density at radius 3 is 2.61 bits per heavy atom. The molecule has 3 aromatic carbocycles. The van der Waals surface area contributed by atoms with Gasteiger partial charge in [-0.2, -0.15) is 0 Å². The first-order chi connectivity index (χ1) is 13.7. The molecular weight excluding hydrogens is 352 g/mol. The molecule has 0 radical (unpaired) electrons. The molecule has 0 aliphatic rings. The molecule has 0 saturated carbocycles. The molecule has 4 aromatic rings. The van der Waals surface area contributed by atoms with Gasteiger partial charge >= 0.3 is 0 Å². The number of H-pyrrole nitrogens is 1. The Balaban J connectivity index is 1.68. The van der Waals surface area contributed by atoms with Crippen LogP contribution in [0, 0.1) is 0 Å². The molecule has 0 bridgehead atoms. The summed E-state index contributed by atoms with van der Waals surface area (Å²) in [6.07, 6.45) is 0.744. The average molecular weight is 372 g/mol. The lowest BCUT2D eigenvalue weighted by Crippen LogP contribution is -2.26. The molecule has 140 valence electrons. The van der Waals surface area contributed by atoms with Gasteiger partial charge in [-0.3, -0.25) is 9.59 Å². The van der Waals surface area contributed by atoms with Gasteiger partial charge < -0.3 is 15.0 Å². The quantitative estimate of drug-likeness (QED) is 0.525. The van der Waals surface area contributed by atoms with E-state index in [1.165, 1.54) is 0 Å². The number of rotatable bonds is 5.